The number of fused-ring (bicyclic) bond motifs is 4. The fourth-order valence-electron chi connectivity index (χ4n) is 4.96. The molecule has 10 nitrogen and oxygen atoms in total. The van der Waals surface area contributed by atoms with Gasteiger partial charge in [-0.05, 0) is 51.2 Å². The maximum absolute atomic E-state index is 13.2. The summed E-state index contributed by atoms with van der Waals surface area (Å²) in [6, 6.07) is 3.87. The van der Waals surface area contributed by atoms with Crippen LogP contribution < -0.4 is 24.8 Å². The zero-order chi connectivity index (χ0) is 24.8. The molecule has 1 unspecified atom stereocenters. The van der Waals surface area contributed by atoms with Crippen molar-refractivity contribution in [2.75, 3.05) is 6.61 Å². The van der Waals surface area contributed by atoms with Gasteiger partial charge in [0.2, 0.25) is 0 Å². The van der Waals surface area contributed by atoms with Gasteiger partial charge in [0.15, 0.2) is 18.1 Å². The number of hydrogen-bond donors (Lipinski definition) is 3. The predicted molar refractivity (Wildman–Crippen MR) is 115 cm³/mol. The Morgan fingerprint density at radius 2 is 1.86 bits per heavy atom. The highest BCUT2D eigenvalue weighted by atomic mass is 19.3. The standard InChI is InChI=1S/C23H24F2N4O6/c1-13-10-27-15(11-26-13)20(32)29-21-4-6-22(7-5-21,18(30)9-21)28-19(31)12-33-14-2-3-16-17(8-14)35-23(24,25)34-16/h2-3,8,10-11,18,30H,4-7,9,12H2,1H3,(H,28,31)(H,29,32). The molecule has 4 aliphatic rings. The van der Waals surface area contributed by atoms with Crippen molar-refractivity contribution in [3.8, 4) is 17.2 Å². The Morgan fingerprint density at radius 1 is 1.11 bits per heavy atom. The normalized spacial score (nSPS) is 27.8. The van der Waals surface area contributed by atoms with E-state index in [4.69, 9.17) is 4.74 Å². The Balaban J connectivity index is 1.16. The van der Waals surface area contributed by atoms with E-state index in [9.17, 15) is 23.5 Å². The second-order valence-electron chi connectivity index (χ2n) is 9.27. The van der Waals surface area contributed by atoms with Gasteiger partial charge in [-0.3, -0.25) is 14.6 Å². The van der Waals surface area contributed by atoms with E-state index in [2.05, 4.69) is 30.1 Å². The first-order valence-corrected chi connectivity index (χ1v) is 11.2. The molecular weight excluding hydrogens is 466 g/mol. The predicted octanol–water partition coefficient (Wildman–Crippen LogP) is 1.85. The molecule has 35 heavy (non-hydrogen) atoms. The molecule has 6 rings (SSSR count). The van der Waals surface area contributed by atoms with Crippen LogP contribution in [0.25, 0.3) is 0 Å². The number of aromatic nitrogens is 2. The van der Waals surface area contributed by atoms with Gasteiger partial charge in [-0.1, -0.05) is 0 Å². The summed E-state index contributed by atoms with van der Waals surface area (Å²) >= 11 is 0. The third-order valence-electron chi connectivity index (χ3n) is 6.84. The molecule has 0 radical (unpaired) electrons. The zero-order valence-corrected chi connectivity index (χ0v) is 18.8. The number of halogens is 2. The highest BCUT2D eigenvalue weighted by Gasteiger charge is 2.55. The van der Waals surface area contributed by atoms with Crippen molar-refractivity contribution < 1.29 is 37.7 Å². The monoisotopic (exact) mass is 490 g/mol. The smallest absolute Gasteiger partial charge is 0.484 e. The molecule has 3 saturated carbocycles. The molecule has 1 aliphatic heterocycles. The Labute approximate surface area is 199 Å². The van der Waals surface area contributed by atoms with E-state index in [0.29, 0.717) is 31.4 Å². The Morgan fingerprint density at radius 3 is 2.54 bits per heavy atom. The number of rotatable bonds is 6. The van der Waals surface area contributed by atoms with Crippen molar-refractivity contribution in [1.82, 2.24) is 20.6 Å². The van der Waals surface area contributed by atoms with Crippen molar-refractivity contribution >= 4 is 11.8 Å². The average Bonchev–Trinajstić information content (AvgIpc) is 3.12. The van der Waals surface area contributed by atoms with E-state index < -0.39 is 29.4 Å². The van der Waals surface area contributed by atoms with Crippen LogP contribution in [-0.2, 0) is 4.79 Å². The van der Waals surface area contributed by atoms with Crippen molar-refractivity contribution in [3.63, 3.8) is 0 Å². The van der Waals surface area contributed by atoms with E-state index in [-0.39, 0.29) is 41.9 Å². The molecule has 2 bridgehead atoms. The molecule has 3 fully saturated rings. The highest BCUT2D eigenvalue weighted by Crippen LogP contribution is 2.47. The average molecular weight is 490 g/mol. The summed E-state index contributed by atoms with van der Waals surface area (Å²) in [6.07, 6.45) is 0.709. The second kappa shape index (κ2) is 8.29. The lowest BCUT2D eigenvalue weighted by molar-refractivity contribution is -0.286. The molecule has 0 spiro atoms. The van der Waals surface area contributed by atoms with Gasteiger partial charge in [0.25, 0.3) is 11.8 Å². The van der Waals surface area contributed by atoms with Crippen LogP contribution in [0, 0.1) is 6.92 Å². The molecule has 1 atom stereocenters. The van der Waals surface area contributed by atoms with Gasteiger partial charge in [-0.25, -0.2) is 4.98 Å². The summed E-state index contributed by atoms with van der Waals surface area (Å²) in [5.74, 6) is -0.954. The minimum atomic E-state index is -3.74. The highest BCUT2D eigenvalue weighted by molar-refractivity contribution is 5.92. The number of aliphatic hydroxyl groups is 1. The molecule has 12 heteroatoms. The Hall–Kier alpha value is -3.54. The fourth-order valence-corrected chi connectivity index (χ4v) is 4.96. The number of amides is 2. The third-order valence-corrected chi connectivity index (χ3v) is 6.84. The Kier molecular flexibility index (Phi) is 5.50. The van der Waals surface area contributed by atoms with Crippen molar-refractivity contribution in [2.45, 2.75) is 62.5 Å². The van der Waals surface area contributed by atoms with E-state index in [0.717, 1.165) is 0 Å². The molecule has 3 aliphatic carbocycles. The van der Waals surface area contributed by atoms with E-state index in [1.807, 2.05) is 0 Å². The zero-order valence-electron chi connectivity index (χ0n) is 18.8. The molecule has 0 saturated heterocycles. The molecule has 1 aromatic carbocycles. The van der Waals surface area contributed by atoms with Gasteiger partial charge < -0.3 is 30.0 Å². The maximum Gasteiger partial charge on any atom is 0.586 e. The molecule has 1 aromatic heterocycles. The number of nitrogens with one attached hydrogen (secondary N) is 2. The largest absolute Gasteiger partial charge is 0.586 e. The van der Waals surface area contributed by atoms with Crippen LogP contribution >= 0.6 is 0 Å². The summed E-state index contributed by atoms with van der Waals surface area (Å²) < 4.78 is 40.5. The van der Waals surface area contributed by atoms with Gasteiger partial charge in [0.05, 0.1) is 23.5 Å². The van der Waals surface area contributed by atoms with Crippen LogP contribution in [-0.4, -0.2) is 57.0 Å². The number of aliphatic hydroxyl groups excluding tert-OH is 1. The Bertz CT molecular complexity index is 1150. The van der Waals surface area contributed by atoms with Crippen LogP contribution in [0.5, 0.6) is 17.2 Å². The lowest BCUT2D eigenvalue weighted by atomic mass is 9.60. The number of carbonyl (C=O) groups is 2. The minimum absolute atomic E-state index is 0.122. The number of hydrogen-bond acceptors (Lipinski definition) is 8. The van der Waals surface area contributed by atoms with Gasteiger partial charge in [0.1, 0.15) is 11.4 Å². The molecule has 2 amide bonds. The summed E-state index contributed by atoms with van der Waals surface area (Å²) in [6.45, 7) is 1.40. The van der Waals surface area contributed by atoms with Crippen molar-refractivity contribution in [3.05, 3.63) is 42.0 Å². The number of aryl methyl sites for hydroxylation is 1. The third kappa shape index (κ3) is 4.57. The molecular formula is C23H24F2N4O6. The summed E-state index contributed by atoms with van der Waals surface area (Å²) in [7, 11) is 0. The number of benzene rings is 1. The van der Waals surface area contributed by atoms with Crippen LogP contribution in [0.3, 0.4) is 0 Å². The van der Waals surface area contributed by atoms with Gasteiger partial charge in [0, 0.05) is 17.8 Å². The molecule has 186 valence electrons. The fraction of sp³-hybridized carbons (Fsp3) is 0.478. The number of alkyl halides is 2. The molecule has 2 aromatic rings. The maximum atomic E-state index is 13.2. The summed E-state index contributed by atoms with van der Waals surface area (Å²) in [5, 5.41) is 16.8. The van der Waals surface area contributed by atoms with Gasteiger partial charge in [-0.15, -0.1) is 8.78 Å². The van der Waals surface area contributed by atoms with Crippen molar-refractivity contribution in [2.24, 2.45) is 0 Å². The number of ether oxygens (including phenoxy) is 3. The van der Waals surface area contributed by atoms with E-state index in [1.165, 1.54) is 30.6 Å². The SMILES string of the molecule is Cc1cnc(C(=O)NC23CCC(NC(=O)COc4ccc5c(c4)OC(F)(F)O5)(CC2)C(O)C3)cn1. The first-order valence-electron chi connectivity index (χ1n) is 11.2. The lowest BCUT2D eigenvalue weighted by Gasteiger charge is -2.56. The van der Waals surface area contributed by atoms with Crippen LogP contribution in [0.2, 0.25) is 0 Å². The van der Waals surface area contributed by atoms with Gasteiger partial charge >= 0.3 is 6.29 Å². The van der Waals surface area contributed by atoms with Crippen LogP contribution in [0.15, 0.2) is 30.6 Å². The minimum Gasteiger partial charge on any atom is -0.484 e. The molecule has 3 N–H and O–H groups in total. The van der Waals surface area contributed by atoms with Crippen LogP contribution in [0.4, 0.5) is 8.78 Å². The van der Waals surface area contributed by atoms with E-state index in [1.54, 1.807) is 6.92 Å². The number of carbonyl (C=O) groups excluding carboxylic acids is 2. The van der Waals surface area contributed by atoms with Gasteiger partial charge in [-0.2, -0.15) is 0 Å². The summed E-state index contributed by atoms with van der Waals surface area (Å²) in [4.78, 5) is 33.5. The van der Waals surface area contributed by atoms with Crippen LogP contribution in [0.1, 0.15) is 48.3 Å². The first-order chi connectivity index (χ1) is 16.6. The second-order valence-corrected chi connectivity index (χ2v) is 9.27. The lowest BCUT2D eigenvalue weighted by Crippen LogP contribution is -2.70. The quantitative estimate of drug-likeness (QED) is 0.559. The summed E-state index contributed by atoms with van der Waals surface area (Å²) in [5.41, 5.74) is -0.497. The van der Waals surface area contributed by atoms with Crippen molar-refractivity contribution in [1.29, 1.82) is 0 Å². The first kappa shape index (κ1) is 23.2. The van der Waals surface area contributed by atoms with E-state index >= 15 is 0 Å². The number of nitrogens with zero attached hydrogens (tertiary/aromatic N) is 2. The topological polar surface area (TPSA) is 132 Å². The molecule has 2 heterocycles.